The summed E-state index contributed by atoms with van der Waals surface area (Å²) in [7, 11) is 0. The Morgan fingerprint density at radius 3 is 1.48 bits per heavy atom. The molecule has 56 heavy (non-hydrogen) atoms. The van der Waals surface area contributed by atoms with E-state index in [4.69, 9.17) is 0 Å². The lowest BCUT2D eigenvalue weighted by Crippen LogP contribution is -2.16. The van der Waals surface area contributed by atoms with E-state index in [9.17, 15) is 5.26 Å². The molecule has 10 rings (SSSR count). The monoisotopic (exact) mass is 729 g/mol. The smallest absolute Gasteiger partial charge is 0.309 e. The number of aromatic nitrogens is 2. The van der Waals surface area contributed by atoms with Crippen molar-refractivity contribution in [2.45, 2.75) is 6.18 Å². The van der Waals surface area contributed by atoms with Gasteiger partial charge in [0.25, 0.3) is 0 Å². The van der Waals surface area contributed by atoms with Crippen LogP contribution in [0.4, 0.5) is 13.2 Å². The molecule has 8 aromatic carbocycles. The van der Waals surface area contributed by atoms with Crippen LogP contribution in [0.25, 0.3) is 88.4 Å². The summed E-state index contributed by atoms with van der Waals surface area (Å²) in [4.78, 5) is 0. The third-order valence-corrected chi connectivity index (χ3v) is 10.8. The van der Waals surface area contributed by atoms with Crippen LogP contribution in [0.1, 0.15) is 11.1 Å². The van der Waals surface area contributed by atoms with Gasteiger partial charge in [0.2, 0.25) is 0 Å². The fourth-order valence-corrected chi connectivity index (χ4v) is 8.33. The van der Waals surface area contributed by atoms with Crippen molar-refractivity contribution in [1.82, 2.24) is 9.13 Å². The second kappa shape index (κ2) is 12.9. The fourth-order valence-electron chi connectivity index (χ4n) is 8.33. The Morgan fingerprint density at radius 1 is 0.411 bits per heavy atom. The van der Waals surface area contributed by atoms with E-state index in [-0.39, 0.29) is 11.4 Å². The number of nitrogens with zero attached hydrogens (tertiary/aromatic N) is 3. The predicted octanol–water partition coefficient (Wildman–Crippen LogP) is 13.8. The molecule has 0 aliphatic heterocycles. The molecule has 0 saturated heterocycles. The van der Waals surface area contributed by atoms with Gasteiger partial charge in [-0.15, -0.1) is 0 Å². The summed E-state index contributed by atoms with van der Waals surface area (Å²) in [5.41, 5.74) is 7.05. The number of nitriles is 1. The molecular weight excluding hydrogens is 700 g/mol. The molecule has 6 heteroatoms. The quantitative estimate of drug-likeness (QED) is 0.174. The Hall–Kier alpha value is -7.36. The molecule has 0 amide bonds. The van der Waals surface area contributed by atoms with Gasteiger partial charge in [-0.2, -0.15) is 18.4 Å². The highest BCUT2D eigenvalue weighted by atomic mass is 19.4. The van der Waals surface area contributed by atoms with Crippen LogP contribution in [0.2, 0.25) is 0 Å². The van der Waals surface area contributed by atoms with Gasteiger partial charge in [0, 0.05) is 27.1 Å². The molecule has 0 radical (unpaired) electrons. The van der Waals surface area contributed by atoms with Crippen LogP contribution in [-0.4, -0.2) is 9.13 Å². The first-order valence-corrected chi connectivity index (χ1v) is 18.3. The van der Waals surface area contributed by atoms with Crippen LogP contribution >= 0.6 is 0 Å². The van der Waals surface area contributed by atoms with Gasteiger partial charge >= 0.3 is 6.18 Å². The molecule has 0 atom stereocenters. The molecule has 266 valence electrons. The van der Waals surface area contributed by atoms with Gasteiger partial charge in [0.1, 0.15) is 5.56 Å². The minimum atomic E-state index is -4.81. The molecule has 0 bridgehead atoms. The second-order valence-corrected chi connectivity index (χ2v) is 13.9. The maximum atomic E-state index is 16.4. The summed E-state index contributed by atoms with van der Waals surface area (Å²) in [6, 6.07) is 59.5. The van der Waals surface area contributed by atoms with Gasteiger partial charge in [-0.1, -0.05) is 127 Å². The van der Waals surface area contributed by atoms with E-state index in [2.05, 4.69) is 18.2 Å². The lowest BCUT2D eigenvalue weighted by molar-refractivity contribution is -0.137. The molecule has 0 spiro atoms. The van der Waals surface area contributed by atoms with Crippen LogP contribution in [-0.2, 0) is 6.18 Å². The first kappa shape index (κ1) is 33.2. The van der Waals surface area contributed by atoms with Crippen molar-refractivity contribution in [2.24, 2.45) is 0 Å². The highest BCUT2D eigenvalue weighted by Gasteiger charge is 2.40. The summed E-state index contributed by atoms with van der Waals surface area (Å²) in [6.45, 7) is 0. The van der Waals surface area contributed by atoms with Crippen molar-refractivity contribution < 1.29 is 13.2 Å². The maximum absolute atomic E-state index is 16.4. The topological polar surface area (TPSA) is 33.6 Å². The van der Waals surface area contributed by atoms with Crippen molar-refractivity contribution in [3.63, 3.8) is 0 Å². The standard InChI is InChI=1S/C50H30F3N3/c51-50(52,53)48-47(55-43-20-9-7-18-39(43)41-29-35(22-25-45(41)55)33-13-3-1-4-14-33)27-24-38(37-17-11-12-32(28-37)31-54)49(48)56-44-21-10-8-19-40(44)42-30-36(23-26-46(42)56)34-15-5-2-6-16-34/h1-30H. The average molecular weight is 730 g/mol. The van der Waals surface area contributed by atoms with Crippen molar-refractivity contribution in [2.75, 3.05) is 0 Å². The molecule has 0 aliphatic rings. The first-order valence-electron chi connectivity index (χ1n) is 18.3. The summed E-state index contributed by atoms with van der Waals surface area (Å²) < 4.78 is 52.8. The number of para-hydroxylation sites is 2. The summed E-state index contributed by atoms with van der Waals surface area (Å²) in [5.74, 6) is 0. The van der Waals surface area contributed by atoms with Gasteiger partial charge in [-0.05, 0) is 82.4 Å². The Morgan fingerprint density at radius 2 is 0.911 bits per heavy atom. The van der Waals surface area contributed by atoms with E-state index in [0.29, 0.717) is 38.8 Å². The zero-order valence-electron chi connectivity index (χ0n) is 29.8. The van der Waals surface area contributed by atoms with Gasteiger partial charge in [-0.3, -0.25) is 0 Å². The van der Waals surface area contributed by atoms with Gasteiger partial charge in [0.15, 0.2) is 0 Å². The number of rotatable bonds is 5. The summed E-state index contributed by atoms with van der Waals surface area (Å²) in [6.07, 6.45) is -4.81. The molecule has 0 saturated carbocycles. The van der Waals surface area contributed by atoms with Crippen molar-refractivity contribution in [3.8, 4) is 50.8 Å². The van der Waals surface area contributed by atoms with Crippen molar-refractivity contribution in [3.05, 3.63) is 193 Å². The van der Waals surface area contributed by atoms with Crippen LogP contribution < -0.4 is 0 Å². The zero-order valence-corrected chi connectivity index (χ0v) is 29.8. The number of fused-ring (bicyclic) bond motifs is 6. The molecule has 3 nitrogen and oxygen atoms in total. The average Bonchev–Trinajstić information content (AvgIpc) is 3.75. The number of benzene rings is 8. The molecule has 2 heterocycles. The minimum absolute atomic E-state index is 0.00409. The van der Waals surface area contributed by atoms with E-state index in [0.717, 1.165) is 43.8 Å². The Kier molecular flexibility index (Phi) is 7.65. The number of hydrogen-bond acceptors (Lipinski definition) is 1. The largest absolute Gasteiger partial charge is 0.420 e. The molecule has 0 N–H and O–H groups in total. The van der Waals surface area contributed by atoms with E-state index in [1.165, 1.54) is 0 Å². The molecule has 0 fully saturated rings. The highest BCUT2D eigenvalue weighted by Crippen LogP contribution is 2.48. The van der Waals surface area contributed by atoms with Crippen LogP contribution in [0.5, 0.6) is 0 Å². The molecule has 2 aromatic heterocycles. The number of hydrogen-bond donors (Lipinski definition) is 0. The van der Waals surface area contributed by atoms with Crippen molar-refractivity contribution >= 4 is 43.6 Å². The van der Waals surface area contributed by atoms with Crippen LogP contribution in [0.3, 0.4) is 0 Å². The lowest BCUT2D eigenvalue weighted by atomic mass is 9.96. The van der Waals surface area contributed by atoms with E-state index >= 15 is 13.2 Å². The zero-order chi connectivity index (χ0) is 38.0. The van der Waals surface area contributed by atoms with E-state index in [1.54, 1.807) is 45.5 Å². The SMILES string of the molecule is N#Cc1cccc(-c2ccc(-n3c4ccccc4c4cc(-c5ccccc5)ccc43)c(C(F)(F)F)c2-n2c3ccccc3c3cc(-c4ccccc4)ccc32)c1. The highest BCUT2D eigenvalue weighted by molar-refractivity contribution is 6.12. The van der Waals surface area contributed by atoms with Crippen LogP contribution in [0.15, 0.2) is 182 Å². The summed E-state index contributed by atoms with van der Waals surface area (Å²) in [5, 5.41) is 13.2. The number of halogens is 3. The molecular formula is C50H30F3N3. The van der Waals surface area contributed by atoms with Gasteiger partial charge in [0.05, 0.1) is 45.1 Å². The maximum Gasteiger partial charge on any atom is 0.420 e. The minimum Gasteiger partial charge on any atom is -0.309 e. The van der Waals surface area contributed by atoms with E-state index < -0.39 is 11.7 Å². The first-order chi connectivity index (χ1) is 27.4. The fraction of sp³-hybridized carbons (Fsp3) is 0.0200. The number of alkyl halides is 3. The molecule has 10 aromatic rings. The second-order valence-electron chi connectivity index (χ2n) is 13.9. The molecule has 0 unspecified atom stereocenters. The third-order valence-electron chi connectivity index (χ3n) is 10.8. The van der Waals surface area contributed by atoms with Gasteiger partial charge < -0.3 is 9.13 Å². The Bertz CT molecular complexity index is 3180. The van der Waals surface area contributed by atoms with Crippen molar-refractivity contribution in [1.29, 1.82) is 5.26 Å². The van der Waals surface area contributed by atoms with Crippen LogP contribution in [0, 0.1) is 11.3 Å². The van der Waals surface area contributed by atoms with Gasteiger partial charge in [-0.25, -0.2) is 0 Å². The Balaban J connectivity index is 1.35. The summed E-state index contributed by atoms with van der Waals surface area (Å²) >= 11 is 0. The predicted molar refractivity (Wildman–Crippen MR) is 221 cm³/mol. The third kappa shape index (κ3) is 5.28. The molecule has 0 aliphatic carbocycles. The van der Waals surface area contributed by atoms with E-state index in [1.807, 2.05) is 133 Å². The normalized spacial score (nSPS) is 11.8. The Labute approximate surface area is 320 Å². The lowest BCUT2D eigenvalue weighted by Gasteiger charge is -2.24.